The van der Waals surface area contributed by atoms with Crippen LogP contribution in [-0.4, -0.2) is 31.7 Å². The van der Waals surface area contributed by atoms with Crippen molar-refractivity contribution in [3.63, 3.8) is 0 Å². The maximum atomic E-state index is 12.1. The Hall–Kier alpha value is -0.920. The Labute approximate surface area is 123 Å². The minimum atomic E-state index is -3.68. The van der Waals surface area contributed by atoms with Crippen molar-refractivity contribution in [2.75, 3.05) is 13.1 Å². The van der Waals surface area contributed by atoms with Crippen LogP contribution in [0.4, 0.5) is 0 Å². The van der Waals surface area contributed by atoms with Crippen LogP contribution in [-0.2, 0) is 23.1 Å². The first kappa shape index (κ1) is 14.0. The Kier molecular flexibility index (Phi) is 3.83. The molecule has 1 N–H and O–H groups in total. The molecule has 1 aromatic heterocycles. The van der Waals surface area contributed by atoms with E-state index in [9.17, 15) is 13.2 Å². The summed E-state index contributed by atoms with van der Waals surface area (Å²) in [5.41, 5.74) is 1.20. The quantitative estimate of drug-likeness (QED) is 0.923. The largest absolute Gasteiger partial charge is 0.304 e. The molecule has 7 heteroatoms. The van der Waals surface area contributed by atoms with Crippen molar-refractivity contribution in [3.8, 4) is 0 Å². The van der Waals surface area contributed by atoms with E-state index in [1.165, 1.54) is 26.1 Å². The summed E-state index contributed by atoms with van der Waals surface area (Å²) in [6.07, 6.45) is 5.92. The van der Waals surface area contributed by atoms with Gasteiger partial charge in [0.2, 0.25) is 0 Å². The van der Waals surface area contributed by atoms with Crippen molar-refractivity contribution in [1.29, 1.82) is 0 Å². The molecule has 1 aliphatic heterocycles. The third-order valence-corrected chi connectivity index (χ3v) is 6.57. The summed E-state index contributed by atoms with van der Waals surface area (Å²) in [6.45, 7) is 1.01. The fourth-order valence-corrected chi connectivity index (χ4v) is 5.20. The number of carbonyl (C=O) groups excluding carboxylic acids is 1. The van der Waals surface area contributed by atoms with Crippen molar-refractivity contribution in [2.45, 2.75) is 38.5 Å². The Bertz CT molecular complexity index is 594. The van der Waals surface area contributed by atoms with E-state index in [0.717, 1.165) is 38.5 Å². The summed E-state index contributed by atoms with van der Waals surface area (Å²) in [7, 11) is -3.68. The van der Waals surface area contributed by atoms with E-state index in [1.54, 1.807) is 0 Å². The molecule has 110 valence electrons. The van der Waals surface area contributed by atoms with E-state index in [-0.39, 0.29) is 0 Å². The molecule has 3 rings (SSSR count). The summed E-state index contributed by atoms with van der Waals surface area (Å²) in [5.74, 6) is -0.491. The molecule has 1 aromatic rings. The fourth-order valence-electron chi connectivity index (χ4n) is 2.78. The minimum absolute atomic E-state index is 0.491. The third kappa shape index (κ3) is 2.75. The Morgan fingerprint density at radius 3 is 2.60 bits per heavy atom. The van der Waals surface area contributed by atoms with Crippen LogP contribution in [0.25, 0.3) is 0 Å². The molecule has 0 atom stereocenters. The first-order valence-corrected chi connectivity index (χ1v) is 9.26. The predicted molar refractivity (Wildman–Crippen MR) is 78.2 cm³/mol. The van der Waals surface area contributed by atoms with Gasteiger partial charge in [-0.2, -0.15) is 12.7 Å². The van der Waals surface area contributed by atoms with Gasteiger partial charge in [0.25, 0.3) is 5.91 Å². The Morgan fingerprint density at radius 1 is 1.15 bits per heavy atom. The lowest BCUT2D eigenvalue weighted by Crippen LogP contribution is -2.45. The number of amides is 1. The zero-order valence-electron chi connectivity index (χ0n) is 11.2. The van der Waals surface area contributed by atoms with Crippen LogP contribution in [0, 0.1) is 0 Å². The first-order valence-electron chi connectivity index (χ1n) is 7.00. The van der Waals surface area contributed by atoms with Crippen LogP contribution in [0.15, 0.2) is 6.07 Å². The number of nitrogens with one attached hydrogen (secondary N) is 1. The van der Waals surface area contributed by atoms with Crippen LogP contribution in [0.3, 0.4) is 0 Å². The number of hydrogen-bond acceptors (Lipinski definition) is 4. The van der Waals surface area contributed by atoms with Gasteiger partial charge in [-0.1, -0.05) is 6.42 Å². The maximum Gasteiger partial charge on any atom is 0.304 e. The SMILES string of the molecule is O=C(NS(=O)(=O)N1CCCCC1)c1cc2c(s1)CCC2. The predicted octanol–water partition coefficient (Wildman–Crippen LogP) is 1.70. The van der Waals surface area contributed by atoms with Crippen molar-refractivity contribution >= 4 is 27.5 Å². The van der Waals surface area contributed by atoms with E-state index in [2.05, 4.69) is 4.72 Å². The molecule has 1 amide bonds. The highest BCUT2D eigenvalue weighted by Crippen LogP contribution is 2.30. The number of aryl methyl sites for hydroxylation is 2. The van der Waals surface area contributed by atoms with E-state index < -0.39 is 16.1 Å². The molecule has 1 saturated heterocycles. The highest BCUT2D eigenvalue weighted by atomic mass is 32.2. The number of nitrogens with zero attached hydrogens (tertiary/aromatic N) is 1. The molecule has 0 spiro atoms. The van der Waals surface area contributed by atoms with Gasteiger partial charge in [0.1, 0.15) is 0 Å². The molecule has 0 saturated carbocycles. The Morgan fingerprint density at radius 2 is 1.90 bits per heavy atom. The van der Waals surface area contributed by atoms with Gasteiger partial charge in [0.15, 0.2) is 0 Å². The van der Waals surface area contributed by atoms with E-state index in [0.29, 0.717) is 18.0 Å². The van der Waals surface area contributed by atoms with Gasteiger partial charge in [-0.25, -0.2) is 4.72 Å². The second-order valence-electron chi connectivity index (χ2n) is 5.31. The zero-order valence-corrected chi connectivity index (χ0v) is 12.9. The van der Waals surface area contributed by atoms with Crippen LogP contribution in [0.1, 0.15) is 45.8 Å². The average Bonchev–Trinajstić information content (AvgIpc) is 3.00. The van der Waals surface area contributed by atoms with Gasteiger partial charge < -0.3 is 0 Å². The van der Waals surface area contributed by atoms with Gasteiger partial charge in [0, 0.05) is 18.0 Å². The number of hydrogen-bond donors (Lipinski definition) is 1. The number of rotatable bonds is 3. The summed E-state index contributed by atoms with van der Waals surface area (Å²) in [5, 5.41) is 0. The van der Waals surface area contributed by atoms with Crippen molar-refractivity contribution in [2.24, 2.45) is 0 Å². The zero-order chi connectivity index (χ0) is 14.2. The molecule has 1 aliphatic carbocycles. The van der Waals surface area contributed by atoms with Crippen LogP contribution >= 0.6 is 11.3 Å². The van der Waals surface area contributed by atoms with Crippen molar-refractivity contribution in [3.05, 3.63) is 21.4 Å². The van der Waals surface area contributed by atoms with E-state index >= 15 is 0 Å². The smallest absolute Gasteiger partial charge is 0.267 e. The lowest BCUT2D eigenvalue weighted by Gasteiger charge is -2.25. The summed E-state index contributed by atoms with van der Waals surface area (Å²) < 4.78 is 27.9. The number of piperidine rings is 1. The lowest BCUT2D eigenvalue weighted by molar-refractivity contribution is 0.0982. The molecule has 2 heterocycles. The highest BCUT2D eigenvalue weighted by Gasteiger charge is 2.27. The standard InChI is InChI=1S/C13H18N2O3S2/c16-13(12-9-10-5-4-6-11(10)19-12)14-20(17,18)15-7-2-1-3-8-15/h9H,1-8H2,(H,14,16). The summed E-state index contributed by atoms with van der Waals surface area (Å²) >= 11 is 1.42. The molecule has 2 aliphatic rings. The molecule has 5 nitrogen and oxygen atoms in total. The van der Waals surface area contributed by atoms with Gasteiger partial charge in [-0.3, -0.25) is 4.79 Å². The van der Waals surface area contributed by atoms with Gasteiger partial charge in [0.05, 0.1) is 4.88 Å². The fraction of sp³-hybridized carbons (Fsp3) is 0.615. The van der Waals surface area contributed by atoms with Gasteiger partial charge >= 0.3 is 10.2 Å². The van der Waals surface area contributed by atoms with E-state index in [1.807, 2.05) is 6.07 Å². The number of fused-ring (bicyclic) bond motifs is 1. The van der Waals surface area contributed by atoms with Crippen molar-refractivity contribution < 1.29 is 13.2 Å². The molecule has 0 radical (unpaired) electrons. The maximum absolute atomic E-state index is 12.1. The molecular weight excluding hydrogens is 296 g/mol. The minimum Gasteiger partial charge on any atom is -0.267 e. The van der Waals surface area contributed by atoms with Crippen LogP contribution in [0.2, 0.25) is 0 Å². The van der Waals surface area contributed by atoms with Gasteiger partial charge in [-0.05, 0) is 43.7 Å². The molecule has 0 bridgehead atoms. The number of thiophene rings is 1. The van der Waals surface area contributed by atoms with Crippen LogP contribution in [0.5, 0.6) is 0 Å². The second kappa shape index (κ2) is 5.46. The van der Waals surface area contributed by atoms with E-state index in [4.69, 9.17) is 0 Å². The lowest BCUT2D eigenvalue weighted by atomic mass is 10.2. The van der Waals surface area contributed by atoms with Crippen molar-refractivity contribution in [1.82, 2.24) is 9.03 Å². The molecule has 0 aromatic carbocycles. The second-order valence-corrected chi connectivity index (χ2v) is 8.12. The first-order chi connectivity index (χ1) is 9.56. The average molecular weight is 314 g/mol. The molecule has 1 fully saturated rings. The van der Waals surface area contributed by atoms with Crippen LogP contribution < -0.4 is 4.72 Å². The van der Waals surface area contributed by atoms with Gasteiger partial charge in [-0.15, -0.1) is 11.3 Å². The summed E-state index contributed by atoms with van der Waals surface area (Å²) in [4.78, 5) is 13.8. The third-order valence-electron chi connectivity index (χ3n) is 3.85. The molecule has 20 heavy (non-hydrogen) atoms. The highest BCUT2D eigenvalue weighted by molar-refractivity contribution is 7.87. The number of carbonyl (C=O) groups is 1. The molecular formula is C13H18N2O3S2. The monoisotopic (exact) mass is 314 g/mol. The normalized spacial score (nSPS) is 19.8. The summed E-state index contributed by atoms with van der Waals surface area (Å²) in [6, 6.07) is 1.84. The Balaban J connectivity index is 1.71. The topological polar surface area (TPSA) is 66.5 Å². The molecule has 0 unspecified atom stereocenters.